The predicted octanol–water partition coefficient (Wildman–Crippen LogP) is 3.40. The van der Waals surface area contributed by atoms with Gasteiger partial charge in [0.15, 0.2) is 0 Å². The molecule has 0 radical (unpaired) electrons. The molecule has 0 spiro atoms. The number of hydrogen-bond donors (Lipinski definition) is 1. The van der Waals surface area contributed by atoms with Crippen LogP contribution in [0.2, 0.25) is 0 Å². The molecule has 0 saturated heterocycles. The Balaban J connectivity index is 2.02. The van der Waals surface area contributed by atoms with Crippen LogP contribution in [0.1, 0.15) is 18.1 Å². The van der Waals surface area contributed by atoms with Crippen molar-refractivity contribution in [1.82, 2.24) is 0 Å². The van der Waals surface area contributed by atoms with Gasteiger partial charge in [0.1, 0.15) is 5.75 Å². The zero-order chi connectivity index (χ0) is 19.4. The van der Waals surface area contributed by atoms with Crippen LogP contribution in [0.15, 0.2) is 53.4 Å². The minimum absolute atomic E-state index is 0.0728. The first-order valence-electron chi connectivity index (χ1n) is 8.73. The SMILES string of the molecule is CCOc1ccc(C2=C(SCCO)C(=O)N(c3cccc(C)c3)C2=O)cc1. The number of benzene rings is 2. The molecule has 0 aliphatic carbocycles. The number of ether oxygens (including phenoxy) is 1. The van der Waals surface area contributed by atoms with Crippen molar-refractivity contribution in [3.63, 3.8) is 0 Å². The number of aliphatic hydroxyl groups excluding tert-OH is 1. The molecule has 5 nitrogen and oxygen atoms in total. The van der Waals surface area contributed by atoms with E-state index in [4.69, 9.17) is 4.74 Å². The first-order valence-corrected chi connectivity index (χ1v) is 9.72. The summed E-state index contributed by atoms with van der Waals surface area (Å²) in [7, 11) is 0. The first-order chi connectivity index (χ1) is 13.1. The zero-order valence-electron chi connectivity index (χ0n) is 15.3. The van der Waals surface area contributed by atoms with Gasteiger partial charge in [0.25, 0.3) is 11.8 Å². The molecular formula is C21H21NO4S. The van der Waals surface area contributed by atoms with Crippen molar-refractivity contribution in [2.75, 3.05) is 23.9 Å². The average molecular weight is 383 g/mol. The maximum absolute atomic E-state index is 13.2. The Morgan fingerprint density at radius 1 is 1.07 bits per heavy atom. The monoisotopic (exact) mass is 383 g/mol. The number of anilines is 1. The Hall–Kier alpha value is -2.57. The maximum atomic E-state index is 13.2. The van der Waals surface area contributed by atoms with Gasteiger partial charge in [0, 0.05) is 5.75 Å². The highest BCUT2D eigenvalue weighted by Crippen LogP contribution is 2.38. The topological polar surface area (TPSA) is 66.8 Å². The van der Waals surface area contributed by atoms with Crippen LogP contribution >= 0.6 is 11.8 Å². The van der Waals surface area contributed by atoms with E-state index < -0.39 is 0 Å². The molecule has 0 fully saturated rings. The molecule has 27 heavy (non-hydrogen) atoms. The van der Waals surface area contributed by atoms with Gasteiger partial charge in [0.05, 0.1) is 29.4 Å². The first kappa shape index (κ1) is 19.2. The lowest BCUT2D eigenvalue weighted by Crippen LogP contribution is -2.31. The summed E-state index contributed by atoms with van der Waals surface area (Å²) in [5, 5.41) is 9.18. The smallest absolute Gasteiger partial charge is 0.272 e. The van der Waals surface area contributed by atoms with Gasteiger partial charge in [-0.2, -0.15) is 0 Å². The summed E-state index contributed by atoms with van der Waals surface area (Å²) in [6, 6.07) is 14.4. The van der Waals surface area contributed by atoms with E-state index in [1.165, 1.54) is 16.7 Å². The molecule has 140 valence electrons. The standard InChI is InChI=1S/C21H21NO4S/c1-3-26-17-9-7-15(8-10-17)18-19(27-12-11-23)21(25)22(20(18)24)16-6-4-5-14(2)13-16/h4-10,13,23H,3,11-12H2,1-2H3. The summed E-state index contributed by atoms with van der Waals surface area (Å²) < 4.78 is 5.45. The number of nitrogens with zero attached hydrogens (tertiary/aromatic N) is 1. The third-order valence-corrected chi connectivity index (χ3v) is 5.15. The number of carbonyl (C=O) groups is 2. The van der Waals surface area contributed by atoms with Crippen LogP contribution in [0.25, 0.3) is 5.57 Å². The molecule has 0 atom stereocenters. The van der Waals surface area contributed by atoms with Crippen molar-refractivity contribution in [2.24, 2.45) is 0 Å². The Morgan fingerprint density at radius 3 is 2.44 bits per heavy atom. The molecule has 2 aromatic rings. The fourth-order valence-electron chi connectivity index (χ4n) is 2.93. The summed E-state index contributed by atoms with van der Waals surface area (Å²) in [4.78, 5) is 27.7. The van der Waals surface area contributed by atoms with Crippen molar-refractivity contribution in [2.45, 2.75) is 13.8 Å². The molecule has 0 bridgehead atoms. The number of amides is 2. The predicted molar refractivity (Wildman–Crippen MR) is 108 cm³/mol. The second kappa shape index (κ2) is 8.41. The van der Waals surface area contributed by atoms with Crippen LogP contribution < -0.4 is 9.64 Å². The Labute approximate surface area is 162 Å². The number of aliphatic hydroxyl groups is 1. The van der Waals surface area contributed by atoms with Gasteiger partial charge in [-0.15, -0.1) is 11.8 Å². The maximum Gasteiger partial charge on any atom is 0.272 e. The van der Waals surface area contributed by atoms with Crippen molar-refractivity contribution < 1.29 is 19.4 Å². The molecule has 1 heterocycles. The van der Waals surface area contributed by atoms with Crippen molar-refractivity contribution in [3.8, 4) is 5.75 Å². The molecule has 0 saturated carbocycles. The van der Waals surface area contributed by atoms with Crippen LogP contribution in [0.5, 0.6) is 5.75 Å². The number of hydrogen-bond acceptors (Lipinski definition) is 5. The third-order valence-electron chi connectivity index (χ3n) is 4.09. The molecule has 0 unspecified atom stereocenters. The van der Waals surface area contributed by atoms with Crippen LogP contribution in [-0.2, 0) is 9.59 Å². The molecular weight excluding hydrogens is 362 g/mol. The Morgan fingerprint density at radius 2 is 1.81 bits per heavy atom. The minimum atomic E-state index is -0.354. The quantitative estimate of drug-likeness (QED) is 0.742. The number of thioether (sulfide) groups is 1. The van der Waals surface area contributed by atoms with Gasteiger partial charge in [0.2, 0.25) is 0 Å². The van der Waals surface area contributed by atoms with E-state index in [1.807, 2.05) is 32.0 Å². The lowest BCUT2D eigenvalue weighted by Gasteiger charge is -2.15. The van der Waals surface area contributed by atoms with Crippen molar-refractivity contribution in [1.29, 1.82) is 0 Å². The second-order valence-corrected chi connectivity index (χ2v) is 7.12. The largest absolute Gasteiger partial charge is 0.494 e. The molecule has 6 heteroatoms. The summed E-state index contributed by atoms with van der Waals surface area (Å²) >= 11 is 1.20. The molecule has 0 aromatic heterocycles. The molecule has 1 N–H and O–H groups in total. The third kappa shape index (κ3) is 3.91. The van der Waals surface area contributed by atoms with E-state index in [9.17, 15) is 14.7 Å². The minimum Gasteiger partial charge on any atom is -0.494 e. The summed E-state index contributed by atoms with van der Waals surface area (Å²) in [5.41, 5.74) is 2.54. The van der Waals surface area contributed by atoms with Crippen molar-refractivity contribution >= 4 is 34.8 Å². The lowest BCUT2D eigenvalue weighted by atomic mass is 10.1. The van der Waals surface area contributed by atoms with Gasteiger partial charge in [-0.05, 0) is 49.2 Å². The summed E-state index contributed by atoms with van der Waals surface area (Å²) in [5.74, 6) is 0.346. The highest BCUT2D eigenvalue weighted by molar-refractivity contribution is 8.04. The van der Waals surface area contributed by atoms with Crippen LogP contribution in [0.4, 0.5) is 5.69 Å². The molecule has 2 amide bonds. The van der Waals surface area contributed by atoms with Crippen LogP contribution in [0, 0.1) is 6.92 Å². The van der Waals surface area contributed by atoms with Crippen molar-refractivity contribution in [3.05, 3.63) is 64.6 Å². The van der Waals surface area contributed by atoms with E-state index >= 15 is 0 Å². The van der Waals surface area contributed by atoms with Crippen LogP contribution in [-0.4, -0.2) is 35.9 Å². The number of carbonyl (C=O) groups excluding carboxylic acids is 2. The highest BCUT2D eigenvalue weighted by Gasteiger charge is 2.40. The Bertz CT molecular complexity index is 889. The molecule has 1 aliphatic heterocycles. The van der Waals surface area contributed by atoms with Gasteiger partial charge in [-0.25, -0.2) is 4.90 Å². The fourth-order valence-corrected chi connectivity index (χ4v) is 3.79. The number of rotatable bonds is 7. The van der Waals surface area contributed by atoms with E-state index in [1.54, 1.807) is 30.3 Å². The molecule has 2 aromatic carbocycles. The number of aryl methyl sites for hydroxylation is 1. The van der Waals surface area contributed by atoms with Gasteiger partial charge in [-0.1, -0.05) is 24.3 Å². The summed E-state index contributed by atoms with van der Waals surface area (Å²) in [6.45, 7) is 4.30. The fraction of sp³-hybridized carbons (Fsp3) is 0.238. The lowest BCUT2D eigenvalue weighted by molar-refractivity contribution is -0.119. The van der Waals surface area contributed by atoms with Crippen LogP contribution in [0.3, 0.4) is 0 Å². The second-order valence-electron chi connectivity index (χ2n) is 6.02. The van der Waals surface area contributed by atoms with Gasteiger partial charge < -0.3 is 9.84 Å². The number of imide groups is 1. The molecule has 1 aliphatic rings. The molecule has 3 rings (SSSR count). The zero-order valence-corrected chi connectivity index (χ0v) is 16.1. The van der Waals surface area contributed by atoms with E-state index in [0.29, 0.717) is 39.8 Å². The van der Waals surface area contributed by atoms with E-state index in [2.05, 4.69) is 0 Å². The van der Waals surface area contributed by atoms with Gasteiger partial charge >= 0.3 is 0 Å². The summed E-state index contributed by atoms with van der Waals surface area (Å²) in [6.07, 6.45) is 0. The normalized spacial score (nSPS) is 14.3. The van der Waals surface area contributed by atoms with E-state index in [0.717, 1.165) is 5.56 Å². The van der Waals surface area contributed by atoms with E-state index in [-0.39, 0.29) is 18.4 Å². The Kier molecular flexibility index (Phi) is 5.98. The highest BCUT2D eigenvalue weighted by atomic mass is 32.2. The van der Waals surface area contributed by atoms with Gasteiger partial charge in [-0.3, -0.25) is 9.59 Å². The average Bonchev–Trinajstić information content (AvgIpc) is 2.91.